The molecule has 0 aliphatic heterocycles. The van der Waals surface area contributed by atoms with E-state index < -0.39 is 11.9 Å². The molecule has 4 nitrogen and oxygen atoms in total. The van der Waals surface area contributed by atoms with Gasteiger partial charge in [0.1, 0.15) is 11.9 Å². The molecule has 0 heterocycles. The van der Waals surface area contributed by atoms with Gasteiger partial charge in [-0.15, -0.1) is 11.8 Å². The normalized spacial score (nSPS) is 11.7. The maximum Gasteiger partial charge on any atom is 0.243 e. The van der Waals surface area contributed by atoms with E-state index in [1.807, 2.05) is 37.3 Å². The fourth-order valence-electron chi connectivity index (χ4n) is 3.75. The minimum Gasteiger partial charge on any atom is -0.354 e. The smallest absolute Gasteiger partial charge is 0.243 e. The summed E-state index contributed by atoms with van der Waals surface area (Å²) >= 11 is 19.9. The molecule has 0 bridgehead atoms. The molecule has 0 aliphatic carbocycles. The first kappa shape index (κ1) is 29.3. The van der Waals surface area contributed by atoms with Crippen molar-refractivity contribution in [1.29, 1.82) is 0 Å². The van der Waals surface area contributed by atoms with Crippen molar-refractivity contribution in [3.05, 3.63) is 104 Å². The summed E-state index contributed by atoms with van der Waals surface area (Å²) in [7, 11) is 0. The van der Waals surface area contributed by atoms with Gasteiger partial charge in [0.15, 0.2) is 0 Å². The lowest BCUT2D eigenvalue weighted by molar-refractivity contribution is -0.139. The van der Waals surface area contributed by atoms with Crippen LogP contribution in [-0.4, -0.2) is 35.1 Å². The molecule has 0 radical (unpaired) electrons. The second-order valence-electron chi connectivity index (χ2n) is 8.45. The summed E-state index contributed by atoms with van der Waals surface area (Å²) < 4.78 is 14.2. The molecule has 3 rings (SSSR count). The van der Waals surface area contributed by atoms with Crippen LogP contribution in [0.2, 0.25) is 15.1 Å². The minimum absolute atomic E-state index is 0.0300. The first-order valence-corrected chi connectivity index (χ1v) is 14.1. The van der Waals surface area contributed by atoms with Gasteiger partial charge in [0.05, 0.1) is 5.75 Å². The SMILES string of the molecule is CCCNC(=O)[C@H](Cc1ccccc1)N(Cc1ccc(Cl)cc1Cl)C(=O)CSCc1c(F)cccc1Cl. The molecule has 196 valence electrons. The summed E-state index contributed by atoms with van der Waals surface area (Å²) in [5.41, 5.74) is 1.93. The van der Waals surface area contributed by atoms with Crippen LogP contribution in [0.25, 0.3) is 0 Å². The molecule has 0 unspecified atom stereocenters. The average Bonchev–Trinajstić information content (AvgIpc) is 2.88. The van der Waals surface area contributed by atoms with Crippen LogP contribution >= 0.6 is 46.6 Å². The Kier molecular flexibility index (Phi) is 11.6. The monoisotopic (exact) mass is 580 g/mol. The van der Waals surface area contributed by atoms with Gasteiger partial charge in [-0.25, -0.2) is 4.39 Å². The third kappa shape index (κ3) is 8.64. The van der Waals surface area contributed by atoms with Crippen molar-refractivity contribution in [2.24, 2.45) is 0 Å². The van der Waals surface area contributed by atoms with Gasteiger partial charge in [-0.3, -0.25) is 9.59 Å². The topological polar surface area (TPSA) is 49.4 Å². The van der Waals surface area contributed by atoms with Crippen LogP contribution in [0.15, 0.2) is 66.7 Å². The van der Waals surface area contributed by atoms with Crippen molar-refractivity contribution >= 4 is 58.4 Å². The summed E-state index contributed by atoms with van der Waals surface area (Å²) in [6.07, 6.45) is 1.09. The number of amides is 2. The second kappa shape index (κ2) is 14.6. The van der Waals surface area contributed by atoms with E-state index in [4.69, 9.17) is 34.8 Å². The molecule has 0 saturated carbocycles. The van der Waals surface area contributed by atoms with E-state index in [0.29, 0.717) is 39.2 Å². The van der Waals surface area contributed by atoms with Crippen LogP contribution in [-0.2, 0) is 28.3 Å². The fourth-order valence-corrected chi connectivity index (χ4v) is 5.46. The van der Waals surface area contributed by atoms with E-state index in [1.165, 1.54) is 23.9 Å². The molecular weight excluding hydrogens is 554 g/mol. The Balaban J connectivity index is 1.88. The van der Waals surface area contributed by atoms with Crippen molar-refractivity contribution in [2.45, 2.75) is 38.1 Å². The number of nitrogens with zero attached hydrogens (tertiary/aromatic N) is 1. The molecule has 1 N–H and O–H groups in total. The lowest BCUT2D eigenvalue weighted by Gasteiger charge is -2.32. The molecule has 0 aliphatic rings. The number of halogens is 4. The maximum absolute atomic E-state index is 14.2. The Hall–Kier alpha value is -2.25. The van der Waals surface area contributed by atoms with Gasteiger partial charge in [-0.1, -0.05) is 84.2 Å². The number of rotatable bonds is 12. The number of hydrogen-bond donors (Lipinski definition) is 1. The van der Waals surface area contributed by atoms with Crippen LogP contribution in [0.5, 0.6) is 0 Å². The Bertz CT molecular complexity index is 1190. The zero-order valence-corrected chi connectivity index (χ0v) is 23.4. The quantitative estimate of drug-likeness (QED) is 0.246. The Labute approximate surface area is 236 Å². The summed E-state index contributed by atoms with van der Waals surface area (Å²) in [6.45, 7) is 2.58. The molecule has 3 aromatic carbocycles. The first-order valence-electron chi connectivity index (χ1n) is 11.9. The standard InChI is InChI=1S/C28H28Cl3FN2O2S/c1-2-13-33-28(36)26(14-19-7-4-3-5-8-19)34(16-20-11-12-21(29)15-24(20)31)27(35)18-37-17-22-23(30)9-6-10-25(22)32/h3-12,15,26H,2,13-14,16-18H2,1H3,(H,33,36)/t26-/m0/s1. The summed E-state index contributed by atoms with van der Waals surface area (Å²) in [6, 6.07) is 18.3. The van der Waals surface area contributed by atoms with Gasteiger partial charge in [-0.2, -0.15) is 0 Å². The number of carbonyl (C=O) groups excluding carboxylic acids is 2. The second-order valence-corrected chi connectivity index (χ2v) is 10.7. The highest BCUT2D eigenvalue weighted by Gasteiger charge is 2.30. The highest BCUT2D eigenvalue weighted by atomic mass is 35.5. The molecule has 37 heavy (non-hydrogen) atoms. The number of hydrogen-bond acceptors (Lipinski definition) is 3. The first-order chi connectivity index (χ1) is 17.8. The zero-order chi connectivity index (χ0) is 26.8. The maximum atomic E-state index is 14.2. The van der Waals surface area contributed by atoms with Gasteiger partial charge in [-0.05, 0) is 41.8 Å². The third-order valence-electron chi connectivity index (χ3n) is 5.71. The van der Waals surface area contributed by atoms with E-state index in [0.717, 1.165) is 12.0 Å². The molecule has 3 aromatic rings. The van der Waals surface area contributed by atoms with Crippen LogP contribution in [0.1, 0.15) is 30.0 Å². The minimum atomic E-state index is -0.772. The molecule has 2 amide bonds. The fraction of sp³-hybridized carbons (Fsp3) is 0.286. The predicted octanol–water partition coefficient (Wildman–Crippen LogP) is 7.19. The summed E-state index contributed by atoms with van der Waals surface area (Å²) in [4.78, 5) is 28.5. The molecule has 0 fully saturated rings. The highest BCUT2D eigenvalue weighted by Crippen LogP contribution is 2.27. The molecule has 0 saturated heterocycles. The van der Waals surface area contributed by atoms with E-state index in [9.17, 15) is 14.0 Å². The van der Waals surface area contributed by atoms with E-state index in [1.54, 1.807) is 29.2 Å². The van der Waals surface area contributed by atoms with E-state index in [2.05, 4.69) is 5.32 Å². The van der Waals surface area contributed by atoms with E-state index in [-0.39, 0.29) is 29.9 Å². The average molecular weight is 582 g/mol. The highest BCUT2D eigenvalue weighted by molar-refractivity contribution is 7.99. The van der Waals surface area contributed by atoms with Crippen LogP contribution in [0, 0.1) is 5.82 Å². The van der Waals surface area contributed by atoms with Crippen molar-refractivity contribution in [3.63, 3.8) is 0 Å². The third-order valence-corrected chi connectivity index (χ3v) is 7.59. The number of benzene rings is 3. The van der Waals surface area contributed by atoms with Gasteiger partial charge in [0, 0.05) is 45.9 Å². The molecule has 0 aromatic heterocycles. The van der Waals surface area contributed by atoms with Gasteiger partial charge >= 0.3 is 0 Å². The molecule has 9 heteroatoms. The number of thioether (sulfide) groups is 1. The summed E-state index contributed by atoms with van der Waals surface area (Å²) in [5, 5.41) is 4.13. The largest absolute Gasteiger partial charge is 0.354 e. The van der Waals surface area contributed by atoms with E-state index >= 15 is 0 Å². The van der Waals surface area contributed by atoms with Crippen molar-refractivity contribution in [1.82, 2.24) is 10.2 Å². The Morgan fingerprint density at radius 2 is 1.76 bits per heavy atom. The summed E-state index contributed by atoms with van der Waals surface area (Å²) in [5.74, 6) is -0.680. The van der Waals surface area contributed by atoms with Gasteiger partial charge in [0.25, 0.3) is 0 Å². The van der Waals surface area contributed by atoms with Crippen molar-refractivity contribution in [2.75, 3.05) is 12.3 Å². The van der Waals surface area contributed by atoms with Gasteiger partial charge < -0.3 is 10.2 Å². The molecular formula is C28H28Cl3FN2O2S. The molecule has 1 atom stereocenters. The number of nitrogens with one attached hydrogen (secondary N) is 1. The van der Waals surface area contributed by atoms with Crippen LogP contribution in [0.3, 0.4) is 0 Å². The van der Waals surface area contributed by atoms with Crippen LogP contribution in [0.4, 0.5) is 4.39 Å². The van der Waals surface area contributed by atoms with Crippen molar-refractivity contribution < 1.29 is 14.0 Å². The Morgan fingerprint density at radius 1 is 1.00 bits per heavy atom. The number of carbonyl (C=O) groups is 2. The molecule has 0 spiro atoms. The lowest BCUT2D eigenvalue weighted by atomic mass is 10.0. The predicted molar refractivity (Wildman–Crippen MR) is 152 cm³/mol. The lowest BCUT2D eigenvalue weighted by Crippen LogP contribution is -2.51. The van der Waals surface area contributed by atoms with Crippen molar-refractivity contribution in [3.8, 4) is 0 Å². The Morgan fingerprint density at radius 3 is 2.43 bits per heavy atom. The van der Waals surface area contributed by atoms with Gasteiger partial charge in [0.2, 0.25) is 11.8 Å². The zero-order valence-electron chi connectivity index (χ0n) is 20.4. The van der Waals surface area contributed by atoms with Crippen LogP contribution < -0.4 is 5.32 Å².